The van der Waals surface area contributed by atoms with E-state index in [1.165, 1.54) is 0 Å². The van der Waals surface area contributed by atoms with Crippen LogP contribution in [0.25, 0.3) is 0 Å². The van der Waals surface area contributed by atoms with Gasteiger partial charge in [0.05, 0.1) is 0 Å². The monoisotopic (exact) mass is 275 g/mol. The van der Waals surface area contributed by atoms with Gasteiger partial charge in [-0.2, -0.15) is 4.98 Å². The molecule has 0 spiro atoms. The van der Waals surface area contributed by atoms with Gasteiger partial charge in [-0.1, -0.05) is 31.1 Å². The lowest BCUT2D eigenvalue weighted by molar-refractivity contribution is 0.282. The fourth-order valence-corrected chi connectivity index (χ4v) is 1.82. The van der Waals surface area contributed by atoms with E-state index >= 15 is 0 Å². The molecule has 1 heterocycles. The van der Waals surface area contributed by atoms with Crippen LogP contribution in [0.4, 0.5) is 0 Å². The van der Waals surface area contributed by atoms with Crippen LogP contribution in [0.2, 0.25) is 0 Å². The zero-order chi connectivity index (χ0) is 14.7. The molecule has 0 fully saturated rings. The molecule has 0 amide bonds. The van der Waals surface area contributed by atoms with Crippen molar-refractivity contribution >= 4 is 0 Å². The minimum atomic E-state index is 0.0218. The molecule has 2 N–H and O–H groups in total. The van der Waals surface area contributed by atoms with Crippen LogP contribution in [-0.4, -0.2) is 10.1 Å². The van der Waals surface area contributed by atoms with Crippen molar-refractivity contribution in [3.05, 3.63) is 41.0 Å². The Morgan fingerprint density at radius 3 is 2.60 bits per heavy atom. The molecule has 0 aliphatic rings. The van der Waals surface area contributed by atoms with E-state index in [4.69, 9.17) is 15.0 Å². The van der Waals surface area contributed by atoms with Crippen LogP contribution >= 0.6 is 0 Å². The van der Waals surface area contributed by atoms with Crippen molar-refractivity contribution in [2.75, 3.05) is 0 Å². The van der Waals surface area contributed by atoms with Crippen molar-refractivity contribution < 1.29 is 9.26 Å². The second-order valence-corrected chi connectivity index (χ2v) is 5.31. The minimum Gasteiger partial charge on any atom is -0.485 e. The molecule has 1 aromatic carbocycles. The van der Waals surface area contributed by atoms with E-state index in [2.05, 4.69) is 10.1 Å². The Balaban J connectivity index is 2.03. The summed E-state index contributed by atoms with van der Waals surface area (Å²) in [7, 11) is 0. The molecule has 20 heavy (non-hydrogen) atoms. The first-order chi connectivity index (χ1) is 9.47. The van der Waals surface area contributed by atoms with Crippen LogP contribution in [-0.2, 0) is 6.61 Å². The molecule has 2 rings (SSSR count). The number of hydrogen-bond donors (Lipinski definition) is 1. The normalized spacial score (nSPS) is 12.7. The van der Waals surface area contributed by atoms with Gasteiger partial charge in [-0.05, 0) is 31.0 Å². The fraction of sp³-hybridized carbons (Fsp3) is 0.467. The molecule has 0 saturated carbocycles. The summed E-state index contributed by atoms with van der Waals surface area (Å²) in [5, 5.41) is 3.90. The molecule has 2 aromatic rings. The van der Waals surface area contributed by atoms with Crippen molar-refractivity contribution in [2.45, 2.75) is 46.3 Å². The Labute approximate surface area is 119 Å². The molecule has 0 bridgehead atoms. The molecule has 0 saturated heterocycles. The van der Waals surface area contributed by atoms with Crippen LogP contribution in [0.15, 0.2) is 22.7 Å². The van der Waals surface area contributed by atoms with Gasteiger partial charge in [0.25, 0.3) is 0 Å². The summed E-state index contributed by atoms with van der Waals surface area (Å²) in [6.07, 6.45) is 0. The largest absolute Gasteiger partial charge is 0.485 e. The van der Waals surface area contributed by atoms with Crippen molar-refractivity contribution in [2.24, 2.45) is 5.73 Å². The quantitative estimate of drug-likeness (QED) is 0.907. The Bertz CT molecular complexity index is 576. The molecule has 1 atom stereocenters. The van der Waals surface area contributed by atoms with Crippen LogP contribution < -0.4 is 10.5 Å². The summed E-state index contributed by atoms with van der Waals surface area (Å²) in [5.41, 5.74) is 8.00. The summed E-state index contributed by atoms with van der Waals surface area (Å²) in [6.45, 7) is 8.28. The van der Waals surface area contributed by atoms with E-state index < -0.39 is 0 Å². The molecule has 108 valence electrons. The Kier molecular flexibility index (Phi) is 4.39. The summed E-state index contributed by atoms with van der Waals surface area (Å²) in [4.78, 5) is 4.28. The van der Waals surface area contributed by atoms with Gasteiger partial charge in [0, 0.05) is 12.0 Å². The van der Waals surface area contributed by atoms with Gasteiger partial charge in [0.2, 0.25) is 11.7 Å². The van der Waals surface area contributed by atoms with Crippen LogP contribution in [0.1, 0.15) is 55.6 Å². The number of nitrogens with two attached hydrogens (primary N) is 1. The lowest BCUT2D eigenvalue weighted by Crippen LogP contribution is -2.06. The highest BCUT2D eigenvalue weighted by Crippen LogP contribution is 2.22. The fourth-order valence-electron chi connectivity index (χ4n) is 1.82. The summed E-state index contributed by atoms with van der Waals surface area (Å²) < 4.78 is 10.9. The number of benzene rings is 1. The number of hydrogen-bond acceptors (Lipinski definition) is 5. The van der Waals surface area contributed by atoms with Crippen molar-refractivity contribution in [3.63, 3.8) is 0 Å². The molecular formula is C15H21N3O2. The molecule has 0 aliphatic heterocycles. The summed E-state index contributed by atoms with van der Waals surface area (Å²) in [6, 6.07) is 5.96. The maximum atomic E-state index is 5.86. The van der Waals surface area contributed by atoms with Gasteiger partial charge >= 0.3 is 0 Å². The second-order valence-electron chi connectivity index (χ2n) is 5.31. The third-order valence-corrected chi connectivity index (χ3v) is 3.06. The van der Waals surface area contributed by atoms with E-state index in [1.54, 1.807) is 0 Å². The van der Waals surface area contributed by atoms with Gasteiger partial charge < -0.3 is 15.0 Å². The topological polar surface area (TPSA) is 74.2 Å². The first kappa shape index (κ1) is 14.5. The number of ether oxygens (including phenoxy) is 1. The second kappa shape index (κ2) is 6.05. The molecule has 5 heteroatoms. The van der Waals surface area contributed by atoms with Crippen molar-refractivity contribution in [1.82, 2.24) is 10.1 Å². The number of rotatable bonds is 5. The zero-order valence-electron chi connectivity index (χ0n) is 12.4. The van der Waals surface area contributed by atoms with Crippen molar-refractivity contribution in [3.8, 4) is 5.75 Å². The van der Waals surface area contributed by atoms with Gasteiger partial charge in [-0.15, -0.1) is 0 Å². The highest BCUT2D eigenvalue weighted by molar-refractivity contribution is 5.37. The Morgan fingerprint density at radius 2 is 2.05 bits per heavy atom. The Hall–Kier alpha value is -1.88. The average molecular weight is 275 g/mol. The SMILES string of the molecule is Cc1cc([C@@H](C)N)ccc1OCc1noc(C(C)C)n1. The first-order valence-corrected chi connectivity index (χ1v) is 6.78. The van der Waals surface area contributed by atoms with Gasteiger partial charge in [0.1, 0.15) is 5.75 Å². The molecule has 0 unspecified atom stereocenters. The smallest absolute Gasteiger partial charge is 0.229 e. The molecule has 1 aromatic heterocycles. The van der Waals surface area contributed by atoms with Crippen molar-refractivity contribution in [1.29, 1.82) is 0 Å². The molecule has 5 nitrogen and oxygen atoms in total. The maximum Gasteiger partial charge on any atom is 0.229 e. The van der Waals surface area contributed by atoms with E-state index in [1.807, 2.05) is 45.9 Å². The minimum absolute atomic E-state index is 0.0218. The van der Waals surface area contributed by atoms with Crippen LogP contribution in [0, 0.1) is 6.92 Å². The molecule has 0 aliphatic carbocycles. The van der Waals surface area contributed by atoms with Gasteiger partial charge in [-0.25, -0.2) is 0 Å². The predicted octanol–water partition coefficient (Wildman–Crippen LogP) is 3.10. The van der Waals surface area contributed by atoms with E-state index in [9.17, 15) is 0 Å². The van der Waals surface area contributed by atoms with Crippen LogP contribution in [0.5, 0.6) is 5.75 Å². The lowest BCUT2D eigenvalue weighted by Gasteiger charge is -2.11. The highest BCUT2D eigenvalue weighted by Gasteiger charge is 2.11. The maximum absolute atomic E-state index is 5.86. The predicted molar refractivity (Wildman–Crippen MR) is 76.5 cm³/mol. The lowest BCUT2D eigenvalue weighted by atomic mass is 10.1. The summed E-state index contributed by atoms with van der Waals surface area (Å²) >= 11 is 0. The Morgan fingerprint density at radius 1 is 1.30 bits per heavy atom. The third kappa shape index (κ3) is 3.36. The zero-order valence-corrected chi connectivity index (χ0v) is 12.4. The van der Waals surface area contributed by atoms with E-state index in [-0.39, 0.29) is 12.0 Å². The number of aryl methyl sites for hydroxylation is 1. The average Bonchev–Trinajstić information content (AvgIpc) is 2.86. The van der Waals surface area contributed by atoms with E-state index in [0.29, 0.717) is 18.3 Å². The summed E-state index contributed by atoms with van der Waals surface area (Å²) in [5.74, 6) is 2.23. The standard InChI is InChI=1S/C15H21N3O2/c1-9(2)15-17-14(18-20-15)8-19-13-6-5-12(11(4)16)7-10(13)3/h5-7,9,11H,8,16H2,1-4H3/t11-/m1/s1. The number of aromatic nitrogens is 2. The van der Waals surface area contributed by atoms with Crippen LogP contribution in [0.3, 0.4) is 0 Å². The van der Waals surface area contributed by atoms with Gasteiger partial charge in [0.15, 0.2) is 6.61 Å². The first-order valence-electron chi connectivity index (χ1n) is 6.78. The molecular weight excluding hydrogens is 254 g/mol. The van der Waals surface area contributed by atoms with E-state index in [0.717, 1.165) is 16.9 Å². The van der Waals surface area contributed by atoms with Gasteiger partial charge in [-0.3, -0.25) is 0 Å². The number of nitrogens with zero attached hydrogens (tertiary/aromatic N) is 2. The third-order valence-electron chi connectivity index (χ3n) is 3.06. The highest BCUT2D eigenvalue weighted by atomic mass is 16.5. The molecule has 0 radical (unpaired) electrons.